The molecule has 0 aromatic heterocycles. The zero-order valence-corrected chi connectivity index (χ0v) is 12.3. The van der Waals surface area contributed by atoms with Gasteiger partial charge in [0.1, 0.15) is 5.75 Å². The standard InChI is InChI=1S/C13H18N2O5S/c1-2-10-14-15-13(9-6-11-19-21(16,17)18)20-12-7-4-3-5-8-12/h2-5,7-8,13H,1,6,9-11H2,(H,16,17,18). The number of nitrogens with zero attached hydrogens (tertiary/aromatic N) is 2. The maximum Gasteiger partial charge on any atom is 0.397 e. The Labute approximate surface area is 124 Å². The lowest BCUT2D eigenvalue weighted by molar-refractivity contribution is 0.174. The Morgan fingerprint density at radius 2 is 2.05 bits per heavy atom. The highest BCUT2D eigenvalue weighted by molar-refractivity contribution is 7.80. The number of hydrogen-bond donors (Lipinski definition) is 1. The molecular formula is C13H18N2O5S. The molecule has 1 rings (SSSR count). The van der Waals surface area contributed by atoms with Gasteiger partial charge in [-0.3, -0.25) is 4.55 Å². The summed E-state index contributed by atoms with van der Waals surface area (Å²) in [4.78, 5) is 0. The number of ether oxygens (including phenoxy) is 1. The van der Waals surface area contributed by atoms with Crippen molar-refractivity contribution >= 4 is 10.4 Å². The van der Waals surface area contributed by atoms with Crippen LogP contribution in [0.1, 0.15) is 12.8 Å². The predicted octanol–water partition coefficient (Wildman–Crippen LogP) is 2.63. The molecule has 0 bridgehead atoms. The van der Waals surface area contributed by atoms with Crippen molar-refractivity contribution in [3.63, 3.8) is 0 Å². The molecule has 0 fully saturated rings. The molecular weight excluding hydrogens is 296 g/mol. The van der Waals surface area contributed by atoms with Crippen LogP contribution in [0.5, 0.6) is 5.75 Å². The zero-order chi connectivity index (χ0) is 15.6. The fourth-order valence-corrected chi connectivity index (χ4v) is 1.74. The fourth-order valence-electron chi connectivity index (χ4n) is 1.41. The van der Waals surface area contributed by atoms with Gasteiger partial charge in [0.15, 0.2) is 0 Å². The molecule has 0 spiro atoms. The first-order chi connectivity index (χ1) is 10.0. The van der Waals surface area contributed by atoms with E-state index in [1.54, 1.807) is 18.2 Å². The van der Waals surface area contributed by atoms with Crippen molar-refractivity contribution < 1.29 is 21.9 Å². The van der Waals surface area contributed by atoms with Crippen molar-refractivity contribution in [3.8, 4) is 5.75 Å². The maximum absolute atomic E-state index is 10.4. The fraction of sp³-hybridized carbons (Fsp3) is 0.385. The number of para-hydroxylation sites is 1. The van der Waals surface area contributed by atoms with Crippen LogP contribution in [0.2, 0.25) is 0 Å². The van der Waals surface area contributed by atoms with Crippen LogP contribution in [0.15, 0.2) is 53.2 Å². The van der Waals surface area contributed by atoms with E-state index in [4.69, 9.17) is 9.29 Å². The molecule has 0 amide bonds. The molecule has 1 aromatic rings. The SMILES string of the molecule is C=CCN=NC(CCCOS(=O)(=O)O)Oc1ccccc1. The van der Waals surface area contributed by atoms with E-state index in [2.05, 4.69) is 21.0 Å². The minimum atomic E-state index is -4.41. The van der Waals surface area contributed by atoms with Crippen LogP contribution in [-0.2, 0) is 14.6 Å². The number of rotatable bonds is 10. The summed E-state index contributed by atoms with van der Waals surface area (Å²) in [7, 11) is -4.41. The van der Waals surface area contributed by atoms with Crippen LogP contribution < -0.4 is 4.74 Å². The van der Waals surface area contributed by atoms with Crippen LogP contribution in [0, 0.1) is 0 Å². The van der Waals surface area contributed by atoms with Crippen molar-refractivity contribution in [2.45, 2.75) is 19.1 Å². The average molecular weight is 314 g/mol. The summed E-state index contributed by atoms with van der Waals surface area (Å²) in [6.45, 7) is 3.76. The summed E-state index contributed by atoms with van der Waals surface area (Å²) in [5.41, 5.74) is 0. The summed E-state index contributed by atoms with van der Waals surface area (Å²) in [5.74, 6) is 0.635. The molecule has 0 radical (unpaired) electrons. The summed E-state index contributed by atoms with van der Waals surface area (Å²) >= 11 is 0. The summed E-state index contributed by atoms with van der Waals surface area (Å²) < 4.78 is 39.2. The van der Waals surface area contributed by atoms with Gasteiger partial charge in [-0.15, -0.1) is 11.7 Å². The summed E-state index contributed by atoms with van der Waals surface area (Å²) in [6, 6.07) is 9.08. The van der Waals surface area contributed by atoms with E-state index in [0.717, 1.165) is 0 Å². The van der Waals surface area contributed by atoms with Crippen LogP contribution in [-0.4, -0.2) is 32.4 Å². The summed E-state index contributed by atoms with van der Waals surface area (Å²) in [6.07, 6.45) is 1.78. The molecule has 0 aliphatic carbocycles. The normalized spacial score (nSPS) is 13.2. The molecule has 1 unspecified atom stereocenters. The molecule has 0 saturated heterocycles. The van der Waals surface area contributed by atoms with E-state index in [1.165, 1.54) is 0 Å². The van der Waals surface area contributed by atoms with E-state index in [0.29, 0.717) is 25.1 Å². The molecule has 0 saturated carbocycles. The van der Waals surface area contributed by atoms with Crippen molar-refractivity contribution in [1.29, 1.82) is 0 Å². The molecule has 1 atom stereocenters. The number of hydrogen-bond acceptors (Lipinski definition) is 6. The molecule has 1 aromatic carbocycles. The lowest BCUT2D eigenvalue weighted by atomic mass is 10.3. The van der Waals surface area contributed by atoms with Crippen molar-refractivity contribution in [1.82, 2.24) is 0 Å². The number of benzene rings is 1. The molecule has 0 heterocycles. The Hall–Kier alpha value is -1.77. The Kier molecular flexibility index (Phi) is 7.59. The third-order valence-corrected chi connectivity index (χ3v) is 2.73. The first kappa shape index (κ1) is 17.3. The Morgan fingerprint density at radius 3 is 2.67 bits per heavy atom. The van der Waals surface area contributed by atoms with E-state index in [-0.39, 0.29) is 6.61 Å². The van der Waals surface area contributed by atoms with E-state index >= 15 is 0 Å². The lowest BCUT2D eigenvalue weighted by Gasteiger charge is -2.13. The second-order valence-electron chi connectivity index (χ2n) is 4.01. The van der Waals surface area contributed by atoms with Crippen LogP contribution in [0.4, 0.5) is 0 Å². The Bertz CT molecular complexity index is 545. The van der Waals surface area contributed by atoms with Gasteiger partial charge in [0.2, 0.25) is 6.23 Å². The monoisotopic (exact) mass is 314 g/mol. The number of azo groups is 1. The van der Waals surface area contributed by atoms with Crippen molar-refractivity contribution in [2.75, 3.05) is 13.2 Å². The summed E-state index contributed by atoms with van der Waals surface area (Å²) in [5, 5.41) is 7.89. The van der Waals surface area contributed by atoms with Crippen LogP contribution >= 0.6 is 0 Å². The van der Waals surface area contributed by atoms with Gasteiger partial charge in [0.05, 0.1) is 13.2 Å². The molecule has 1 N–H and O–H groups in total. The van der Waals surface area contributed by atoms with E-state index in [1.807, 2.05) is 18.2 Å². The van der Waals surface area contributed by atoms with Crippen molar-refractivity contribution in [2.24, 2.45) is 10.2 Å². The van der Waals surface area contributed by atoms with Gasteiger partial charge in [-0.05, 0) is 18.6 Å². The first-order valence-electron chi connectivity index (χ1n) is 6.32. The molecule has 0 aliphatic heterocycles. The second kappa shape index (κ2) is 9.22. The highest BCUT2D eigenvalue weighted by Gasteiger charge is 2.10. The van der Waals surface area contributed by atoms with Gasteiger partial charge in [-0.2, -0.15) is 13.5 Å². The average Bonchev–Trinajstić information content (AvgIpc) is 2.43. The topological polar surface area (TPSA) is 97.6 Å². The highest BCUT2D eigenvalue weighted by Crippen LogP contribution is 2.14. The van der Waals surface area contributed by atoms with Crippen LogP contribution in [0.25, 0.3) is 0 Å². The Balaban J connectivity index is 2.50. The van der Waals surface area contributed by atoms with E-state index < -0.39 is 16.6 Å². The first-order valence-corrected chi connectivity index (χ1v) is 7.69. The van der Waals surface area contributed by atoms with Gasteiger partial charge in [0, 0.05) is 6.42 Å². The van der Waals surface area contributed by atoms with Gasteiger partial charge in [-0.1, -0.05) is 24.3 Å². The molecule has 7 nitrogen and oxygen atoms in total. The smallest absolute Gasteiger partial charge is 0.397 e. The maximum atomic E-state index is 10.4. The zero-order valence-electron chi connectivity index (χ0n) is 11.5. The molecule has 116 valence electrons. The van der Waals surface area contributed by atoms with E-state index in [9.17, 15) is 8.42 Å². The largest absolute Gasteiger partial charge is 0.467 e. The third-order valence-electron chi connectivity index (χ3n) is 2.26. The quantitative estimate of drug-likeness (QED) is 0.310. The van der Waals surface area contributed by atoms with Crippen molar-refractivity contribution in [3.05, 3.63) is 43.0 Å². The van der Waals surface area contributed by atoms with Crippen LogP contribution in [0.3, 0.4) is 0 Å². The molecule has 0 aliphatic rings. The molecule has 8 heteroatoms. The highest BCUT2D eigenvalue weighted by atomic mass is 32.3. The van der Waals surface area contributed by atoms with Gasteiger partial charge in [-0.25, -0.2) is 4.18 Å². The molecule has 21 heavy (non-hydrogen) atoms. The predicted molar refractivity (Wildman–Crippen MR) is 77.5 cm³/mol. The Morgan fingerprint density at radius 1 is 1.33 bits per heavy atom. The third kappa shape index (κ3) is 8.90. The van der Waals surface area contributed by atoms with Gasteiger partial charge >= 0.3 is 10.4 Å². The minimum Gasteiger partial charge on any atom is -0.467 e. The minimum absolute atomic E-state index is 0.148. The lowest BCUT2D eigenvalue weighted by Crippen LogP contribution is -2.15. The van der Waals surface area contributed by atoms with Gasteiger partial charge < -0.3 is 4.74 Å². The second-order valence-corrected chi connectivity index (χ2v) is 5.10. The van der Waals surface area contributed by atoms with Gasteiger partial charge in [0.25, 0.3) is 0 Å².